The highest BCUT2D eigenvalue weighted by Gasteiger charge is 2.15. The zero-order valence-electron chi connectivity index (χ0n) is 15.2. The molecule has 0 unspecified atom stereocenters. The van der Waals surface area contributed by atoms with Crippen LogP contribution in [0.25, 0.3) is 44.2 Å². The van der Waals surface area contributed by atoms with Crippen molar-refractivity contribution in [2.75, 3.05) is 6.54 Å². The van der Waals surface area contributed by atoms with E-state index in [9.17, 15) is 0 Å². The lowest BCUT2D eigenvalue weighted by Gasteiger charge is -2.09. The van der Waals surface area contributed by atoms with Gasteiger partial charge in [0.2, 0.25) is 0 Å². The van der Waals surface area contributed by atoms with Gasteiger partial charge in [0.15, 0.2) is 0 Å². The van der Waals surface area contributed by atoms with Gasteiger partial charge in [-0.25, -0.2) is 4.98 Å². The summed E-state index contributed by atoms with van der Waals surface area (Å²) in [7, 11) is 0. The molecule has 0 bridgehead atoms. The number of nitrogens with zero attached hydrogens (tertiary/aromatic N) is 3. The van der Waals surface area contributed by atoms with E-state index in [1.165, 1.54) is 10.8 Å². The van der Waals surface area contributed by atoms with E-state index in [0.29, 0.717) is 0 Å². The first-order chi connectivity index (χ1) is 13.9. The number of benzene rings is 2. The Bertz CT molecular complexity index is 1400. The summed E-state index contributed by atoms with van der Waals surface area (Å²) in [5.74, 6) is 0.897. The van der Waals surface area contributed by atoms with Crippen LogP contribution in [0.4, 0.5) is 0 Å². The first-order valence-electron chi connectivity index (χ1n) is 9.46. The minimum Gasteiger partial charge on any atom is -0.464 e. The average molecular weight is 363 g/mol. The lowest BCUT2D eigenvalue weighted by molar-refractivity contribution is 0.616. The van der Waals surface area contributed by atoms with Gasteiger partial charge in [-0.3, -0.25) is 9.56 Å². The molecule has 5 aromatic rings. The molecule has 134 valence electrons. The van der Waals surface area contributed by atoms with Crippen LogP contribution in [0.3, 0.4) is 0 Å². The second kappa shape index (κ2) is 5.92. The summed E-state index contributed by atoms with van der Waals surface area (Å²) in [6.07, 6.45) is 8.82. The van der Waals surface area contributed by atoms with Crippen LogP contribution >= 0.6 is 0 Å². The molecule has 0 spiro atoms. The summed E-state index contributed by atoms with van der Waals surface area (Å²) in [6.45, 7) is 0.873. The number of aliphatic imine (C=N–C) groups is 1. The Balaban J connectivity index is 1.60. The Hall–Kier alpha value is -3.66. The summed E-state index contributed by atoms with van der Waals surface area (Å²) in [6, 6.07) is 19.0. The number of hydrogen-bond acceptors (Lipinski definition) is 3. The molecule has 28 heavy (non-hydrogen) atoms. The number of pyridine rings is 1. The van der Waals surface area contributed by atoms with Gasteiger partial charge in [-0.2, -0.15) is 0 Å². The highest BCUT2D eigenvalue weighted by molar-refractivity contribution is 6.13. The zero-order chi connectivity index (χ0) is 18.5. The fourth-order valence-electron chi connectivity index (χ4n) is 4.06. The summed E-state index contributed by atoms with van der Waals surface area (Å²) in [4.78, 5) is 9.17. The topological polar surface area (TPSA) is 43.3 Å². The Labute approximate surface area is 161 Å². The predicted molar refractivity (Wildman–Crippen MR) is 114 cm³/mol. The van der Waals surface area contributed by atoms with E-state index < -0.39 is 0 Å². The molecule has 0 aliphatic carbocycles. The Morgan fingerprint density at radius 3 is 2.75 bits per heavy atom. The maximum absolute atomic E-state index is 5.66. The normalized spacial score (nSPS) is 14.2. The van der Waals surface area contributed by atoms with Crippen molar-refractivity contribution in [2.24, 2.45) is 4.99 Å². The monoisotopic (exact) mass is 363 g/mol. The summed E-state index contributed by atoms with van der Waals surface area (Å²) in [5.41, 5.74) is 5.37. The van der Waals surface area contributed by atoms with E-state index in [4.69, 9.17) is 9.40 Å². The second-order valence-corrected chi connectivity index (χ2v) is 7.07. The fraction of sp³-hybridized carbons (Fsp3) is 0.0833. The van der Waals surface area contributed by atoms with Gasteiger partial charge in [-0.1, -0.05) is 24.3 Å². The molecule has 0 radical (unpaired) electrons. The lowest BCUT2D eigenvalue weighted by atomic mass is 10.1. The van der Waals surface area contributed by atoms with Gasteiger partial charge < -0.3 is 4.42 Å². The van der Waals surface area contributed by atoms with E-state index in [-0.39, 0.29) is 0 Å². The van der Waals surface area contributed by atoms with E-state index in [0.717, 1.165) is 51.9 Å². The second-order valence-electron chi connectivity index (χ2n) is 7.07. The molecule has 1 aliphatic rings. The van der Waals surface area contributed by atoms with Crippen LogP contribution in [0, 0.1) is 0 Å². The molecular formula is C24H17N3O. The molecule has 0 amide bonds. The van der Waals surface area contributed by atoms with Gasteiger partial charge in [0.05, 0.1) is 17.3 Å². The van der Waals surface area contributed by atoms with Crippen LogP contribution in [0.1, 0.15) is 12.0 Å². The molecule has 0 saturated carbocycles. The molecule has 2 aromatic carbocycles. The minimum absolute atomic E-state index is 0.873. The largest absolute Gasteiger partial charge is 0.464 e. The standard InChI is InChI=1S/C24H17N3O/c1-2-6-21-19(5-1)20-12-16-9-11-28-23(16)13-22(20)27(21)24-8-7-18(15-26-24)17-4-3-10-25-14-17/h1-2,4-9,11-15H,3,10H2. The molecule has 4 nitrogen and oxygen atoms in total. The quantitative estimate of drug-likeness (QED) is 0.399. The molecule has 0 N–H and O–H groups in total. The van der Waals surface area contributed by atoms with Gasteiger partial charge in [-0.05, 0) is 42.3 Å². The van der Waals surface area contributed by atoms with Gasteiger partial charge in [0.1, 0.15) is 11.4 Å². The third kappa shape index (κ3) is 2.24. The van der Waals surface area contributed by atoms with E-state index in [1.807, 2.05) is 18.5 Å². The number of aromatic nitrogens is 2. The van der Waals surface area contributed by atoms with Crippen molar-refractivity contribution in [3.63, 3.8) is 0 Å². The molecule has 1 aliphatic heterocycles. The molecule has 6 rings (SSSR count). The van der Waals surface area contributed by atoms with Gasteiger partial charge >= 0.3 is 0 Å². The average Bonchev–Trinajstić information content (AvgIpc) is 3.35. The van der Waals surface area contributed by atoms with E-state index in [1.54, 1.807) is 6.26 Å². The van der Waals surface area contributed by atoms with Crippen LogP contribution in [0.5, 0.6) is 0 Å². The van der Waals surface area contributed by atoms with Crippen LogP contribution in [-0.4, -0.2) is 22.3 Å². The number of furan rings is 1. The molecule has 3 aromatic heterocycles. The van der Waals surface area contributed by atoms with E-state index in [2.05, 4.69) is 64.2 Å². The van der Waals surface area contributed by atoms with Crippen molar-refractivity contribution in [3.05, 3.63) is 78.7 Å². The fourth-order valence-corrected chi connectivity index (χ4v) is 4.06. The highest BCUT2D eigenvalue weighted by atomic mass is 16.3. The van der Waals surface area contributed by atoms with Crippen molar-refractivity contribution in [2.45, 2.75) is 6.42 Å². The third-order valence-electron chi connectivity index (χ3n) is 5.41. The zero-order valence-corrected chi connectivity index (χ0v) is 15.2. The predicted octanol–water partition coefficient (Wildman–Crippen LogP) is 5.78. The van der Waals surface area contributed by atoms with E-state index >= 15 is 0 Å². The van der Waals surface area contributed by atoms with Crippen LogP contribution in [0.15, 0.2) is 82.5 Å². The molecule has 4 heteroatoms. The minimum atomic E-state index is 0.873. The number of fused-ring (bicyclic) bond motifs is 4. The summed E-state index contributed by atoms with van der Waals surface area (Å²) >= 11 is 0. The smallest absolute Gasteiger partial charge is 0.137 e. The van der Waals surface area contributed by atoms with Crippen LogP contribution < -0.4 is 0 Å². The number of dihydropyridines is 1. The van der Waals surface area contributed by atoms with Gasteiger partial charge in [0, 0.05) is 46.7 Å². The number of rotatable bonds is 2. The van der Waals surface area contributed by atoms with Crippen molar-refractivity contribution < 1.29 is 4.42 Å². The molecule has 0 fully saturated rings. The third-order valence-corrected chi connectivity index (χ3v) is 5.41. The van der Waals surface area contributed by atoms with Gasteiger partial charge in [-0.15, -0.1) is 0 Å². The number of para-hydroxylation sites is 1. The maximum atomic E-state index is 5.66. The molecule has 0 atom stereocenters. The maximum Gasteiger partial charge on any atom is 0.137 e. The lowest BCUT2D eigenvalue weighted by Crippen LogP contribution is -1.99. The van der Waals surface area contributed by atoms with Gasteiger partial charge in [0.25, 0.3) is 0 Å². The number of hydrogen-bond donors (Lipinski definition) is 0. The Morgan fingerprint density at radius 2 is 1.89 bits per heavy atom. The van der Waals surface area contributed by atoms with Crippen molar-refractivity contribution in [1.82, 2.24) is 9.55 Å². The summed E-state index contributed by atoms with van der Waals surface area (Å²) < 4.78 is 7.86. The SMILES string of the molecule is C1=NCCC=C1c1ccc(-n2c3ccccc3c3cc4ccoc4cc32)nc1. The van der Waals surface area contributed by atoms with Crippen LogP contribution in [0.2, 0.25) is 0 Å². The molecule has 0 saturated heterocycles. The Kier molecular flexibility index (Phi) is 3.26. The number of allylic oxidation sites excluding steroid dienone is 1. The van der Waals surface area contributed by atoms with Crippen molar-refractivity contribution in [3.8, 4) is 5.82 Å². The first-order valence-corrected chi connectivity index (χ1v) is 9.46. The van der Waals surface area contributed by atoms with Crippen LogP contribution in [-0.2, 0) is 0 Å². The summed E-state index contributed by atoms with van der Waals surface area (Å²) in [5, 5.41) is 3.54. The highest BCUT2D eigenvalue weighted by Crippen LogP contribution is 2.34. The Morgan fingerprint density at radius 1 is 0.929 bits per heavy atom. The molecular weight excluding hydrogens is 346 g/mol. The first kappa shape index (κ1) is 15.4. The van der Waals surface area contributed by atoms with Crippen molar-refractivity contribution in [1.29, 1.82) is 0 Å². The molecule has 4 heterocycles. The van der Waals surface area contributed by atoms with Crippen molar-refractivity contribution >= 4 is 44.6 Å².